The minimum absolute atomic E-state index is 0.0455. The van der Waals surface area contributed by atoms with E-state index < -0.39 is 23.3 Å². The Bertz CT molecular complexity index is 489. The highest BCUT2D eigenvalue weighted by Gasteiger charge is 2.56. The van der Waals surface area contributed by atoms with Crippen molar-refractivity contribution >= 4 is 17.9 Å². The van der Waals surface area contributed by atoms with Crippen molar-refractivity contribution in [3.63, 3.8) is 0 Å². The number of rotatable bonds is 10. The third-order valence-corrected chi connectivity index (χ3v) is 3.79. The van der Waals surface area contributed by atoms with Gasteiger partial charge in [0.15, 0.2) is 0 Å². The van der Waals surface area contributed by atoms with Crippen LogP contribution < -0.4 is 0 Å². The van der Waals surface area contributed by atoms with Crippen LogP contribution in [0.4, 0.5) is 0 Å². The lowest BCUT2D eigenvalue weighted by molar-refractivity contribution is -0.180. The Balaban J connectivity index is 1.74. The molecule has 0 N–H and O–H groups in total. The largest absolute Gasteiger partial charge is 0.461 e. The van der Waals surface area contributed by atoms with Gasteiger partial charge in [0.1, 0.15) is 38.1 Å². The first kappa shape index (κ1) is 17.8. The number of hydrogen-bond acceptors (Lipinski definition) is 9. The summed E-state index contributed by atoms with van der Waals surface area (Å²) >= 11 is 0. The molecular formula is C16H20O9. The molecule has 0 saturated carbocycles. The second-order valence-corrected chi connectivity index (χ2v) is 5.97. The molecule has 0 aliphatic carbocycles. The SMILES string of the molecule is CC=CC(C(=O)OCC1CO1)(C(=O)OCC1CO1)C(=O)OCC1CO1. The standard InChI is InChI=1S/C16H20O9/c1-2-3-16(13(17)23-7-10-4-20-10,14(18)24-8-11-5-21-11)15(19)25-9-12-6-22-12/h2-3,10-12H,4-9H2,1H3. The Hall–Kier alpha value is -1.97. The Morgan fingerprint density at radius 2 is 1.16 bits per heavy atom. The molecule has 138 valence electrons. The van der Waals surface area contributed by atoms with Gasteiger partial charge in [0.25, 0.3) is 5.41 Å². The average Bonchev–Trinajstić information content (AvgIpc) is 3.48. The molecule has 3 heterocycles. The molecule has 0 radical (unpaired) electrons. The maximum Gasteiger partial charge on any atom is 0.339 e. The molecule has 3 unspecified atom stereocenters. The molecule has 0 aromatic carbocycles. The first-order valence-electron chi connectivity index (χ1n) is 8.06. The molecule has 0 aromatic heterocycles. The fourth-order valence-electron chi connectivity index (χ4n) is 2.04. The highest BCUT2D eigenvalue weighted by atomic mass is 16.6. The van der Waals surface area contributed by atoms with E-state index in [1.807, 2.05) is 0 Å². The average molecular weight is 356 g/mol. The minimum atomic E-state index is -2.31. The second kappa shape index (κ2) is 7.51. The highest BCUT2D eigenvalue weighted by molar-refractivity contribution is 6.20. The van der Waals surface area contributed by atoms with Crippen LogP contribution in [0, 0.1) is 5.41 Å². The zero-order valence-electron chi connectivity index (χ0n) is 13.8. The Kier molecular flexibility index (Phi) is 5.36. The van der Waals surface area contributed by atoms with Crippen molar-refractivity contribution in [3.05, 3.63) is 12.2 Å². The van der Waals surface area contributed by atoms with Gasteiger partial charge >= 0.3 is 17.9 Å². The molecule has 0 aromatic rings. The second-order valence-electron chi connectivity index (χ2n) is 5.97. The lowest BCUT2D eigenvalue weighted by Gasteiger charge is -2.24. The predicted molar refractivity (Wildman–Crippen MR) is 79.3 cm³/mol. The molecule has 9 heteroatoms. The summed E-state index contributed by atoms with van der Waals surface area (Å²) in [6, 6.07) is 0. The van der Waals surface area contributed by atoms with Crippen molar-refractivity contribution < 1.29 is 42.8 Å². The van der Waals surface area contributed by atoms with E-state index in [0.29, 0.717) is 19.8 Å². The molecule has 0 amide bonds. The Labute approximate surface area is 144 Å². The van der Waals surface area contributed by atoms with Crippen molar-refractivity contribution in [2.24, 2.45) is 5.41 Å². The Morgan fingerprint density at radius 1 is 0.840 bits per heavy atom. The minimum Gasteiger partial charge on any atom is -0.461 e. The van der Waals surface area contributed by atoms with Crippen molar-refractivity contribution in [1.29, 1.82) is 0 Å². The van der Waals surface area contributed by atoms with Crippen LogP contribution in [0.25, 0.3) is 0 Å². The summed E-state index contributed by atoms with van der Waals surface area (Å²) in [5, 5.41) is 0. The molecule has 3 saturated heterocycles. The van der Waals surface area contributed by atoms with E-state index in [0.717, 1.165) is 6.08 Å². The van der Waals surface area contributed by atoms with Gasteiger partial charge in [-0.2, -0.15) is 0 Å². The smallest absolute Gasteiger partial charge is 0.339 e. The van der Waals surface area contributed by atoms with E-state index in [4.69, 9.17) is 28.4 Å². The van der Waals surface area contributed by atoms with Crippen LogP contribution in [0.3, 0.4) is 0 Å². The van der Waals surface area contributed by atoms with Crippen LogP contribution in [0.1, 0.15) is 6.92 Å². The van der Waals surface area contributed by atoms with Gasteiger partial charge in [0, 0.05) is 0 Å². The number of hydrogen-bond donors (Lipinski definition) is 0. The van der Waals surface area contributed by atoms with Gasteiger partial charge in [-0.1, -0.05) is 6.08 Å². The van der Waals surface area contributed by atoms with E-state index in [1.54, 1.807) is 6.92 Å². The zero-order valence-corrected chi connectivity index (χ0v) is 13.8. The molecule has 0 spiro atoms. The third-order valence-electron chi connectivity index (χ3n) is 3.79. The van der Waals surface area contributed by atoms with Gasteiger partial charge in [-0.05, 0) is 13.0 Å². The van der Waals surface area contributed by atoms with Gasteiger partial charge < -0.3 is 28.4 Å². The maximum atomic E-state index is 12.6. The van der Waals surface area contributed by atoms with Gasteiger partial charge in [-0.25, -0.2) is 14.4 Å². The predicted octanol–water partition coefficient (Wildman–Crippen LogP) is -0.625. The maximum absolute atomic E-state index is 12.6. The first-order chi connectivity index (χ1) is 12.1. The number of carbonyl (C=O) groups is 3. The summed E-state index contributed by atoms with van der Waals surface area (Å²) in [6.07, 6.45) is 1.91. The number of allylic oxidation sites excluding steroid dienone is 1. The van der Waals surface area contributed by atoms with Crippen LogP contribution in [0.5, 0.6) is 0 Å². The molecule has 3 fully saturated rings. The van der Waals surface area contributed by atoms with Gasteiger partial charge in [-0.15, -0.1) is 0 Å². The number of epoxide rings is 3. The molecule has 3 aliphatic rings. The normalized spacial score (nSPS) is 28.8. The van der Waals surface area contributed by atoms with Crippen LogP contribution in [-0.4, -0.2) is 75.9 Å². The van der Waals surface area contributed by atoms with Crippen LogP contribution in [-0.2, 0) is 42.8 Å². The molecule has 3 aliphatic heterocycles. The van der Waals surface area contributed by atoms with E-state index in [9.17, 15) is 14.4 Å². The number of carbonyl (C=O) groups excluding carboxylic acids is 3. The lowest BCUT2D eigenvalue weighted by atomic mass is 9.87. The molecule has 0 bridgehead atoms. The number of ether oxygens (including phenoxy) is 6. The highest BCUT2D eigenvalue weighted by Crippen LogP contribution is 2.28. The quantitative estimate of drug-likeness (QED) is 0.166. The first-order valence-corrected chi connectivity index (χ1v) is 8.06. The topological polar surface area (TPSA) is 116 Å². The summed E-state index contributed by atoms with van der Waals surface area (Å²) in [4.78, 5) is 37.8. The summed E-state index contributed by atoms with van der Waals surface area (Å²) in [5.74, 6) is -3.15. The van der Waals surface area contributed by atoms with Gasteiger partial charge in [0.2, 0.25) is 0 Å². The fraction of sp³-hybridized carbons (Fsp3) is 0.688. The third kappa shape index (κ3) is 4.56. The molecule has 9 nitrogen and oxygen atoms in total. The fourth-order valence-corrected chi connectivity index (χ4v) is 2.04. The Morgan fingerprint density at radius 3 is 1.40 bits per heavy atom. The van der Waals surface area contributed by atoms with Crippen LogP contribution in [0.2, 0.25) is 0 Å². The van der Waals surface area contributed by atoms with Crippen LogP contribution in [0.15, 0.2) is 12.2 Å². The van der Waals surface area contributed by atoms with Gasteiger partial charge in [-0.3, -0.25) is 0 Å². The monoisotopic (exact) mass is 356 g/mol. The summed E-state index contributed by atoms with van der Waals surface area (Å²) in [5.41, 5.74) is -2.31. The molecule has 3 atom stereocenters. The number of esters is 3. The van der Waals surface area contributed by atoms with E-state index in [2.05, 4.69) is 0 Å². The van der Waals surface area contributed by atoms with Crippen molar-refractivity contribution in [2.45, 2.75) is 25.2 Å². The van der Waals surface area contributed by atoms with E-state index >= 15 is 0 Å². The van der Waals surface area contributed by atoms with Gasteiger partial charge in [0.05, 0.1) is 19.8 Å². The summed E-state index contributed by atoms with van der Waals surface area (Å²) < 4.78 is 30.2. The lowest BCUT2D eigenvalue weighted by Crippen LogP contribution is -2.49. The molecule has 3 rings (SSSR count). The molecular weight excluding hydrogens is 336 g/mol. The summed E-state index contributed by atoms with van der Waals surface area (Å²) in [6.45, 7) is 2.84. The zero-order chi connectivity index (χ0) is 17.9. The van der Waals surface area contributed by atoms with E-state index in [-0.39, 0.29) is 38.1 Å². The van der Waals surface area contributed by atoms with Crippen molar-refractivity contribution in [2.75, 3.05) is 39.6 Å². The van der Waals surface area contributed by atoms with Crippen molar-refractivity contribution in [1.82, 2.24) is 0 Å². The van der Waals surface area contributed by atoms with E-state index in [1.165, 1.54) is 6.08 Å². The molecule has 25 heavy (non-hydrogen) atoms. The van der Waals surface area contributed by atoms with Crippen LogP contribution >= 0.6 is 0 Å². The summed E-state index contributed by atoms with van der Waals surface area (Å²) in [7, 11) is 0. The van der Waals surface area contributed by atoms with Crippen molar-refractivity contribution in [3.8, 4) is 0 Å².